The van der Waals surface area contributed by atoms with Crippen LogP contribution in [0.2, 0.25) is 0 Å². The molecule has 5 atom stereocenters. The molecule has 1 aliphatic rings. The van der Waals surface area contributed by atoms with Crippen LogP contribution in [-0.4, -0.2) is 81.9 Å². The lowest BCUT2D eigenvalue weighted by Gasteiger charge is -2.28. The van der Waals surface area contributed by atoms with E-state index < -0.39 is 54.5 Å². The van der Waals surface area contributed by atoms with Gasteiger partial charge in [-0.15, -0.1) is 0 Å². The van der Waals surface area contributed by atoms with E-state index in [2.05, 4.69) is 23.3 Å². The number of carbonyl (C=O) groups is 4. The van der Waals surface area contributed by atoms with Crippen molar-refractivity contribution in [1.29, 1.82) is 0 Å². The van der Waals surface area contributed by atoms with Crippen LogP contribution in [0, 0.1) is 5.92 Å². The third-order valence-electron chi connectivity index (χ3n) is 4.94. The van der Waals surface area contributed by atoms with Crippen LogP contribution in [0.1, 0.15) is 33.1 Å². The molecular weight excluding hydrogens is 388 g/mol. The number of carboxylic acid groups (broad SMARTS) is 1. The fraction of sp³-hybridized carbons (Fsp3) is 0.765. The lowest BCUT2D eigenvalue weighted by molar-refractivity contribution is -0.144. The van der Waals surface area contributed by atoms with Gasteiger partial charge in [-0.2, -0.15) is 12.6 Å². The Bertz CT molecular complexity index is 590. The number of nitrogens with two attached hydrogens (primary N) is 1. The van der Waals surface area contributed by atoms with E-state index in [1.807, 2.05) is 6.92 Å². The Balaban J connectivity index is 2.80. The zero-order chi connectivity index (χ0) is 21.4. The van der Waals surface area contributed by atoms with Crippen LogP contribution in [0.4, 0.5) is 0 Å². The van der Waals surface area contributed by atoms with Gasteiger partial charge in [0.15, 0.2) is 0 Å². The van der Waals surface area contributed by atoms with Crippen molar-refractivity contribution in [1.82, 2.24) is 15.5 Å². The number of carboxylic acids is 1. The highest BCUT2D eigenvalue weighted by molar-refractivity contribution is 7.80. The maximum atomic E-state index is 12.6. The van der Waals surface area contributed by atoms with Gasteiger partial charge in [0.2, 0.25) is 17.7 Å². The first-order valence-corrected chi connectivity index (χ1v) is 9.92. The van der Waals surface area contributed by atoms with Crippen LogP contribution >= 0.6 is 12.6 Å². The molecule has 0 aromatic carbocycles. The average molecular weight is 419 g/mol. The summed E-state index contributed by atoms with van der Waals surface area (Å²) in [6, 6.07) is -4.04. The molecule has 1 fully saturated rings. The van der Waals surface area contributed by atoms with E-state index in [-0.39, 0.29) is 11.7 Å². The van der Waals surface area contributed by atoms with Crippen LogP contribution in [-0.2, 0) is 19.2 Å². The molecule has 28 heavy (non-hydrogen) atoms. The highest BCUT2D eigenvalue weighted by Gasteiger charge is 2.37. The Morgan fingerprint density at radius 1 is 1.29 bits per heavy atom. The summed E-state index contributed by atoms with van der Waals surface area (Å²) in [5.41, 5.74) is 5.55. The molecular formula is C17H30N4O6S. The van der Waals surface area contributed by atoms with Crippen molar-refractivity contribution in [3.63, 3.8) is 0 Å². The third-order valence-corrected chi connectivity index (χ3v) is 5.31. The molecule has 0 spiro atoms. The Kier molecular flexibility index (Phi) is 9.70. The predicted octanol–water partition coefficient (Wildman–Crippen LogP) is -1.67. The molecule has 6 N–H and O–H groups in total. The summed E-state index contributed by atoms with van der Waals surface area (Å²) in [6.45, 7) is 3.32. The van der Waals surface area contributed by atoms with Crippen molar-refractivity contribution in [3.8, 4) is 0 Å². The number of carbonyl (C=O) groups excluding carboxylic acids is 3. The highest BCUT2D eigenvalue weighted by Crippen LogP contribution is 2.18. The first-order chi connectivity index (χ1) is 13.2. The van der Waals surface area contributed by atoms with Gasteiger partial charge in [-0.25, -0.2) is 4.79 Å². The molecule has 1 saturated heterocycles. The normalized spacial score (nSPS) is 20.8. The summed E-state index contributed by atoms with van der Waals surface area (Å²) < 4.78 is 0. The third kappa shape index (κ3) is 6.08. The summed E-state index contributed by atoms with van der Waals surface area (Å²) in [4.78, 5) is 50.0. The quantitative estimate of drug-likeness (QED) is 0.231. The minimum atomic E-state index is -1.16. The second-order valence-electron chi connectivity index (χ2n) is 6.93. The van der Waals surface area contributed by atoms with Crippen LogP contribution in [0.5, 0.6) is 0 Å². The van der Waals surface area contributed by atoms with E-state index in [1.54, 1.807) is 6.92 Å². The van der Waals surface area contributed by atoms with E-state index >= 15 is 0 Å². The first kappa shape index (κ1) is 24.2. The average Bonchev–Trinajstić information content (AvgIpc) is 3.17. The second kappa shape index (κ2) is 11.2. The highest BCUT2D eigenvalue weighted by atomic mass is 32.1. The molecule has 0 aliphatic carbocycles. The predicted molar refractivity (Wildman–Crippen MR) is 105 cm³/mol. The number of likely N-dealkylation sites (tertiary alicyclic amines) is 1. The van der Waals surface area contributed by atoms with E-state index in [4.69, 9.17) is 10.8 Å². The smallest absolute Gasteiger partial charge is 0.326 e. The Hall–Kier alpha value is -1.85. The minimum Gasteiger partial charge on any atom is -0.480 e. The monoisotopic (exact) mass is 418 g/mol. The number of thiol groups is 1. The van der Waals surface area contributed by atoms with E-state index in [9.17, 15) is 24.3 Å². The van der Waals surface area contributed by atoms with Crippen molar-refractivity contribution in [2.45, 2.75) is 57.3 Å². The molecule has 0 saturated carbocycles. The van der Waals surface area contributed by atoms with Crippen LogP contribution in [0.25, 0.3) is 0 Å². The second-order valence-corrected chi connectivity index (χ2v) is 7.30. The molecule has 1 aliphatic heterocycles. The number of nitrogens with one attached hydrogen (secondary N) is 2. The van der Waals surface area contributed by atoms with Gasteiger partial charge < -0.3 is 31.5 Å². The number of hydrogen-bond acceptors (Lipinski definition) is 7. The topological polar surface area (TPSA) is 162 Å². The molecule has 10 nitrogen and oxygen atoms in total. The fourth-order valence-electron chi connectivity index (χ4n) is 2.99. The zero-order valence-electron chi connectivity index (χ0n) is 16.1. The van der Waals surface area contributed by atoms with Gasteiger partial charge in [0.1, 0.15) is 24.2 Å². The summed E-state index contributed by atoms with van der Waals surface area (Å²) in [6.07, 6.45) is 1.55. The SMILES string of the molecule is CCC(C)C(NC(=O)C(CS)NC(=O)C1CCCN1C(=O)C(N)CO)C(=O)O. The molecule has 0 bridgehead atoms. The first-order valence-electron chi connectivity index (χ1n) is 9.29. The van der Waals surface area contributed by atoms with Gasteiger partial charge >= 0.3 is 5.97 Å². The lowest BCUT2D eigenvalue weighted by Crippen LogP contribution is -2.58. The maximum absolute atomic E-state index is 12.6. The van der Waals surface area contributed by atoms with Gasteiger partial charge in [-0.3, -0.25) is 14.4 Å². The fourth-order valence-corrected chi connectivity index (χ4v) is 3.25. The molecule has 0 aromatic rings. The van der Waals surface area contributed by atoms with Gasteiger partial charge in [-0.1, -0.05) is 20.3 Å². The lowest BCUT2D eigenvalue weighted by atomic mass is 9.99. The number of aliphatic hydroxyl groups excluding tert-OH is 1. The summed E-state index contributed by atoms with van der Waals surface area (Å²) in [7, 11) is 0. The maximum Gasteiger partial charge on any atom is 0.326 e. The van der Waals surface area contributed by atoms with Crippen LogP contribution in [0.3, 0.4) is 0 Å². The van der Waals surface area contributed by atoms with Crippen LogP contribution < -0.4 is 16.4 Å². The van der Waals surface area contributed by atoms with Crippen molar-refractivity contribution in [2.75, 3.05) is 18.9 Å². The molecule has 3 amide bonds. The molecule has 5 unspecified atom stereocenters. The molecule has 0 radical (unpaired) electrons. The van der Waals surface area contributed by atoms with E-state index in [0.717, 1.165) is 0 Å². The standard InChI is InChI=1S/C17H30N4O6S/c1-3-9(2)13(17(26)27)20-14(23)11(8-28)19-15(24)12-5-4-6-21(12)16(25)10(18)7-22/h9-13,22,28H,3-8,18H2,1-2H3,(H,19,24)(H,20,23)(H,26,27). The molecule has 160 valence electrons. The summed E-state index contributed by atoms with van der Waals surface area (Å²) in [5.74, 6) is -3.21. The molecule has 11 heteroatoms. The van der Waals surface area contributed by atoms with Gasteiger partial charge in [-0.05, 0) is 18.8 Å². The number of nitrogens with zero attached hydrogens (tertiary/aromatic N) is 1. The van der Waals surface area contributed by atoms with Crippen molar-refractivity contribution in [2.24, 2.45) is 11.7 Å². The Morgan fingerprint density at radius 3 is 2.43 bits per heavy atom. The van der Waals surface area contributed by atoms with Crippen molar-refractivity contribution >= 4 is 36.3 Å². The van der Waals surface area contributed by atoms with Crippen molar-refractivity contribution < 1.29 is 29.4 Å². The number of amides is 3. The van der Waals surface area contributed by atoms with E-state index in [1.165, 1.54) is 4.90 Å². The van der Waals surface area contributed by atoms with Crippen molar-refractivity contribution in [3.05, 3.63) is 0 Å². The van der Waals surface area contributed by atoms with Gasteiger partial charge in [0.05, 0.1) is 6.61 Å². The Labute approximate surface area is 169 Å². The minimum absolute atomic E-state index is 0.0404. The summed E-state index contributed by atoms with van der Waals surface area (Å²) in [5, 5.41) is 23.3. The van der Waals surface area contributed by atoms with E-state index in [0.29, 0.717) is 25.8 Å². The molecule has 1 heterocycles. The van der Waals surface area contributed by atoms with Gasteiger partial charge in [0.25, 0.3) is 0 Å². The number of rotatable bonds is 10. The number of aliphatic carboxylic acids is 1. The molecule has 0 aromatic heterocycles. The number of aliphatic hydroxyl groups is 1. The molecule has 1 rings (SSSR count). The largest absolute Gasteiger partial charge is 0.480 e. The number of hydrogen-bond donors (Lipinski definition) is 6. The zero-order valence-corrected chi connectivity index (χ0v) is 17.0. The summed E-state index contributed by atoms with van der Waals surface area (Å²) >= 11 is 4.08. The van der Waals surface area contributed by atoms with Crippen LogP contribution in [0.15, 0.2) is 0 Å². The Morgan fingerprint density at radius 2 is 1.93 bits per heavy atom. The van der Waals surface area contributed by atoms with Gasteiger partial charge in [0, 0.05) is 12.3 Å².